The fraction of sp³-hybridized carbons (Fsp3) is 0.458. The number of thioether (sulfide) groups is 1. The number of ether oxygens (including phenoxy) is 1. The lowest BCUT2D eigenvalue weighted by atomic mass is 9.94. The van der Waals surface area contributed by atoms with Crippen LogP contribution in [0.15, 0.2) is 29.3 Å². The first-order valence-corrected chi connectivity index (χ1v) is 12.6. The molecule has 4 rings (SSSR count). The fourth-order valence-corrected chi connectivity index (χ4v) is 5.82. The van der Waals surface area contributed by atoms with E-state index in [1.54, 1.807) is 11.3 Å². The molecule has 164 valence electrons. The van der Waals surface area contributed by atoms with Crippen LogP contribution in [0.2, 0.25) is 0 Å². The normalized spacial score (nSPS) is 15.1. The zero-order valence-electron chi connectivity index (χ0n) is 18.6. The zero-order valence-corrected chi connectivity index (χ0v) is 20.2. The lowest BCUT2D eigenvalue weighted by Gasteiger charge is -2.30. The Kier molecular flexibility index (Phi) is 6.65. The molecule has 0 spiro atoms. The van der Waals surface area contributed by atoms with Crippen molar-refractivity contribution in [3.8, 4) is 0 Å². The van der Waals surface area contributed by atoms with Crippen LogP contribution >= 0.6 is 23.1 Å². The number of aromatic nitrogens is 2. The lowest BCUT2D eigenvalue weighted by Crippen LogP contribution is -2.31. The molecule has 0 bridgehead atoms. The SMILES string of the molecule is CCCCc1nc(SCC(=O)Nc2cccc(C)c2)c2c3c(sc2n1)COC(C)(C)C3. The molecule has 5 nitrogen and oxygen atoms in total. The van der Waals surface area contributed by atoms with E-state index >= 15 is 0 Å². The quantitative estimate of drug-likeness (QED) is 0.354. The number of fused-ring (bicyclic) bond motifs is 3. The molecule has 31 heavy (non-hydrogen) atoms. The van der Waals surface area contributed by atoms with Crippen LogP contribution in [0.3, 0.4) is 0 Å². The third-order valence-corrected chi connectivity index (χ3v) is 7.41. The van der Waals surface area contributed by atoms with Gasteiger partial charge in [-0.2, -0.15) is 0 Å². The Labute approximate surface area is 192 Å². The summed E-state index contributed by atoms with van der Waals surface area (Å²) >= 11 is 3.22. The van der Waals surface area contributed by atoms with E-state index in [4.69, 9.17) is 14.7 Å². The highest BCUT2D eigenvalue weighted by Crippen LogP contribution is 2.41. The largest absolute Gasteiger partial charge is 0.370 e. The molecule has 1 aliphatic rings. The van der Waals surface area contributed by atoms with Crippen molar-refractivity contribution in [3.63, 3.8) is 0 Å². The first-order chi connectivity index (χ1) is 14.8. The maximum absolute atomic E-state index is 12.6. The first-order valence-electron chi connectivity index (χ1n) is 10.8. The molecule has 0 aliphatic carbocycles. The van der Waals surface area contributed by atoms with E-state index in [1.165, 1.54) is 22.2 Å². The van der Waals surface area contributed by atoms with Crippen molar-refractivity contribution in [1.82, 2.24) is 9.97 Å². The third kappa shape index (κ3) is 5.27. The van der Waals surface area contributed by atoms with Crippen molar-refractivity contribution in [2.24, 2.45) is 0 Å². The smallest absolute Gasteiger partial charge is 0.234 e. The number of anilines is 1. The minimum atomic E-state index is -0.202. The molecule has 0 fully saturated rings. The van der Waals surface area contributed by atoms with Crippen molar-refractivity contribution in [2.45, 2.75) is 70.6 Å². The number of benzene rings is 1. The molecule has 1 aliphatic heterocycles. The molecule has 0 radical (unpaired) electrons. The molecular formula is C24H29N3O2S2. The molecule has 1 N–H and O–H groups in total. The first kappa shape index (κ1) is 22.2. The number of unbranched alkanes of at least 4 members (excludes halogenated alkanes) is 1. The molecule has 1 amide bonds. The molecule has 3 heterocycles. The molecule has 7 heteroatoms. The molecule has 2 aromatic heterocycles. The molecule has 0 unspecified atom stereocenters. The van der Waals surface area contributed by atoms with Crippen LogP contribution in [0.25, 0.3) is 10.2 Å². The summed E-state index contributed by atoms with van der Waals surface area (Å²) in [5.41, 5.74) is 3.04. The summed E-state index contributed by atoms with van der Waals surface area (Å²) in [6, 6.07) is 7.86. The number of amides is 1. The second kappa shape index (κ2) is 9.27. The maximum Gasteiger partial charge on any atom is 0.234 e. The summed E-state index contributed by atoms with van der Waals surface area (Å²) in [6.07, 6.45) is 3.86. The van der Waals surface area contributed by atoms with Gasteiger partial charge >= 0.3 is 0 Å². The van der Waals surface area contributed by atoms with Crippen LogP contribution in [0.1, 0.15) is 55.4 Å². The van der Waals surface area contributed by atoms with Crippen LogP contribution in [-0.4, -0.2) is 27.2 Å². The Balaban J connectivity index is 1.61. The van der Waals surface area contributed by atoms with Crippen LogP contribution in [0, 0.1) is 6.92 Å². The number of nitrogens with zero attached hydrogens (tertiary/aromatic N) is 2. The minimum absolute atomic E-state index is 0.0229. The van der Waals surface area contributed by atoms with E-state index < -0.39 is 0 Å². The predicted molar refractivity (Wildman–Crippen MR) is 129 cm³/mol. The average molecular weight is 456 g/mol. The number of thiophene rings is 1. The Morgan fingerprint density at radius 2 is 2.16 bits per heavy atom. The van der Waals surface area contributed by atoms with Gasteiger partial charge < -0.3 is 10.1 Å². The summed E-state index contributed by atoms with van der Waals surface area (Å²) in [6.45, 7) is 9.06. The highest BCUT2D eigenvalue weighted by Gasteiger charge is 2.31. The monoisotopic (exact) mass is 455 g/mol. The Bertz CT molecular complexity index is 1110. The topological polar surface area (TPSA) is 64.1 Å². The maximum atomic E-state index is 12.6. The van der Waals surface area contributed by atoms with Gasteiger partial charge in [-0.3, -0.25) is 4.79 Å². The molecular weight excluding hydrogens is 426 g/mol. The van der Waals surface area contributed by atoms with E-state index in [0.717, 1.165) is 58.0 Å². The molecule has 0 saturated carbocycles. The number of hydrogen-bond acceptors (Lipinski definition) is 6. The summed E-state index contributed by atoms with van der Waals surface area (Å²) in [5.74, 6) is 1.16. The summed E-state index contributed by atoms with van der Waals surface area (Å²) in [5, 5.41) is 5.04. The molecule has 0 saturated heterocycles. The van der Waals surface area contributed by atoms with Gasteiger partial charge in [0.15, 0.2) is 0 Å². The van der Waals surface area contributed by atoms with E-state index in [9.17, 15) is 4.79 Å². The third-order valence-electron chi connectivity index (χ3n) is 5.34. The second-order valence-electron chi connectivity index (χ2n) is 8.66. The highest BCUT2D eigenvalue weighted by molar-refractivity contribution is 8.00. The summed E-state index contributed by atoms with van der Waals surface area (Å²) in [7, 11) is 0. The van der Waals surface area contributed by atoms with E-state index in [0.29, 0.717) is 12.4 Å². The number of rotatable bonds is 7. The number of aryl methyl sites for hydroxylation is 2. The van der Waals surface area contributed by atoms with E-state index in [1.807, 2.05) is 31.2 Å². The van der Waals surface area contributed by atoms with Gasteiger partial charge in [0.25, 0.3) is 0 Å². The number of carbonyl (C=O) groups excluding carboxylic acids is 1. The standard InChI is InChI=1S/C24H29N3O2S2/c1-5-6-10-19-26-22(30-14-20(28)25-16-9-7-8-15(2)11-16)21-17-12-24(3,4)29-13-18(17)31-23(21)27-19/h7-9,11H,5-6,10,12-14H2,1-4H3,(H,25,28). The van der Waals surface area contributed by atoms with Crippen LogP contribution in [0.5, 0.6) is 0 Å². The van der Waals surface area contributed by atoms with Crippen molar-refractivity contribution in [2.75, 3.05) is 11.1 Å². The molecule has 1 aromatic carbocycles. The summed E-state index contributed by atoms with van der Waals surface area (Å²) in [4.78, 5) is 24.7. The van der Waals surface area contributed by atoms with Crippen molar-refractivity contribution in [1.29, 1.82) is 0 Å². The Morgan fingerprint density at radius 3 is 2.94 bits per heavy atom. The molecule has 0 atom stereocenters. The van der Waals surface area contributed by atoms with Crippen molar-refractivity contribution < 1.29 is 9.53 Å². The minimum Gasteiger partial charge on any atom is -0.370 e. The second-order valence-corrected chi connectivity index (χ2v) is 10.7. The number of nitrogens with one attached hydrogen (secondary N) is 1. The van der Waals surface area contributed by atoms with Crippen molar-refractivity contribution >= 4 is 44.9 Å². The van der Waals surface area contributed by atoms with Crippen LogP contribution in [-0.2, 0) is 29.0 Å². The number of hydrogen-bond donors (Lipinski definition) is 1. The summed E-state index contributed by atoms with van der Waals surface area (Å²) < 4.78 is 6.02. The predicted octanol–water partition coefficient (Wildman–Crippen LogP) is 5.92. The Hall–Kier alpha value is -1.96. The van der Waals surface area contributed by atoms with Gasteiger partial charge in [-0.1, -0.05) is 37.2 Å². The lowest BCUT2D eigenvalue weighted by molar-refractivity contribution is -0.113. The van der Waals surface area contributed by atoms with E-state index in [2.05, 4.69) is 26.1 Å². The number of carbonyl (C=O) groups is 1. The highest BCUT2D eigenvalue weighted by atomic mass is 32.2. The zero-order chi connectivity index (χ0) is 22.0. The van der Waals surface area contributed by atoms with Crippen molar-refractivity contribution in [3.05, 3.63) is 46.1 Å². The average Bonchev–Trinajstić information content (AvgIpc) is 3.07. The van der Waals surface area contributed by atoms with E-state index in [-0.39, 0.29) is 11.5 Å². The van der Waals surface area contributed by atoms with Crippen LogP contribution < -0.4 is 5.32 Å². The van der Waals surface area contributed by atoms with Crippen LogP contribution in [0.4, 0.5) is 5.69 Å². The van der Waals surface area contributed by atoms with Gasteiger partial charge in [0.1, 0.15) is 15.7 Å². The fourth-order valence-electron chi connectivity index (χ4n) is 3.76. The van der Waals surface area contributed by atoms with Gasteiger partial charge in [-0.05, 0) is 50.5 Å². The van der Waals surface area contributed by atoms with Gasteiger partial charge in [-0.15, -0.1) is 11.3 Å². The molecule has 3 aromatic rings. The van der Waals surface area contributed by atoms with Gasteiger partial charge in [-0.25, -0.2) is 9.97 Å². The Morgan fingerprint density at radius 1 is 1.32 bits per heavy atom. The van der Waals surface area contributed by atoms with Gasteiger partial charge in [0.2, 0.25) is 5.91 Å². The van der Waals surface area contributed by atoms with Gasteiger partial charge in [0, 0.05) is 28.8 Å². The van der Waals surface area contributed by atoms with Gasteiger partial charge in [0.05, 0.1) is 18.0 Å².